The molecule has 1 heterocycles. The summed E-state index contributed by atoms with van der Waals surface area (Å²) >= 11 is 0. The van der Waals surface area contributed by atoms with Crippen LogP contribution in [0, 0.1) is 0 Å². The first-order valence-electron chi connectivity index (χ1n) is 8.92. The smallest absolute Gasteiger partial charge is 0.256 e. The van der Waals surface area contributed by atoms with E-state index in [4.69, 9.17) is 4.74 Å². The number of nitrogens with zero attached hydrogens (tertiary/aromatic N) is 1. The summed E-state index contributed by atoms with van der Waals surface area (Å²) in [6.07, 6.45) is 9.48. The van der Waals surface area contributed by atoms with Crippen molar-refractivity contribution in [3.63, 3.8) is 0 Å². The SMILES string of the molecule is COc1cccc(C(=O)Nc2ccc(NC3CCCCCC3)cn2)c1. The lowest BCUT2D eigenvalue weighted by Crippen LogP contribution is -2.18. The van der Waals surface area contributed by atoms with Crippen LogP contribution in [0.25, 0.3) is 0 Å². The van der Waals surface area contributed by atoms with E-state index in [1.54, 1.807) is 31.5 Å². The summed E-state index contributed by atoms with van der Waals surface area (Å²) in [5.41, 5.74) is 1.55. The Hall–Kier alpha value is -2.56. The molecule has 1 aliphatic rings. The van der Waals surface area contributed by atoms with E-state index in [2.05, 4.69) is 15.6 Å². The molecular formula is C20H25N3O2. The summed E-state index contributed by atoms with van der Waals surface area (Å²) in [6, 6.07) is 11.4. The standard InChI is InChI=1S/C20H25N3O2/c1-25-18-10-6-7-15(13-18)20(24)23-19-12-11-17(14-21-19)22-16-8-4-2-3-5-9-16/h6-7,10-14,16,22H,2-5,8-9H2,1H3,(H,21,23,24). The van der Waals surface area contributed by atoms with Gasteiger partial charge in [-0.2, -0.15) is 0 Å². The Morgan fingerprint density at radius 3 is 2.60 bits per heavy atom. The summed E-state index contributed by atoms with van der Waals surface area (Å²) in [6.45, 7) is 0. The molecule has 2 aromatic rings. The summed E-state index contributed by atoms with van der Waals surface area (Å²) in [4.78, 5) is 16.6. The number of ether oxygens (including phenoxy) is 1. The molecule has 0 radical (unpaired) electrons. The van der Waals surface area contributed by atoms with Gasteiger partial charge in [-0.1, -0.05) is 31.7 Å². The molecule has 0 aliphatic heterocycles. The molecule has 25 heavy (non-hydrogen) atoms. The predicted molar refractivity (Wildman–Crippen MR) is 100 cm³/mol. The highest BCUT2D eigenvalue weighted by Crippen LogP contribution is 2.21. The van der Waals surface area contributed by atoms with Gasteiger partial charge in [-0.05, 0) is 43.2 Å². The van der Waals surface area contributed by atoms with Gasteiger partial charge in [0.25, 0.3) is 5.91 Å². The van der Waals surface area contributed by atoms with Gasteiger partial charge in [-0.25, -0.2) is 4.98 Å². The molecule has 1 aliphatic carbocycles. The van der Waals surface area contributed by atoms with Gasteiger partial charge in [0.15, 0.2) is 0 Å². The van der Waals surface area contributed by atoms with Gasteiger partial charge >= 0.3 is 0 Å². The first-order chi connectivity index (χ1) is 12.2. The molecule has 1 aromatic carbocycles. The number of anilines is 2. The molecule has 1 amide bonds. The minimum absolute atomic E-state index is 0.198. The van der Waals surface area contributed by atoms with Crippen LogP contribution in [0.1, 0.15) is 48.9 Å². The first kappa shape index (κ1) is 17.3. The molecule has 3 rings (SSSR count). The third-order valence-corrected chi connectivity index (χ3v) is 4.56. The summed E-state index contributed by atoms with van der Waals surface area (Å²) in [5, 5.41) is 6.37. The van der Waals surface area contributed by atoms with Crippen molar-refractivity contribution >= 4 is 17.4 Å². The quantitative estimate of drug-likeness (QED) is 0.789. The molecule has 0 atom stereocenters. The Morgan fingerprint density at radius 2 is 1.92 bits per heavy atom. The lowest BCUT2D eigenvalue weighted by molar-refractivity contribution is 0.102. The van der Waals surface area contributed by atoms with Crippen LogP contribution in [-0.4, -0.2) is 24.0 Å². The molecule has 0 unspecified atom stereocenters. The van der Waals surface area contributed by atoms with Crippen molar-refractivity contribution in [2.75, 3.05) is 17.7 Å². The number of carbonyl (C=O) groups is 1. The van der Waals surface area contributed by atoms with Gasteiger partial charge in [0, 0.05) is 11.6 Å². The zero-order chi connectivity index (χ0) is 17.5. The topological polar surface area (TPSA) is 63.2 Å². The largest absolute Gasteiger partial charge is 0.497 e. The second kappa shape index (κ2) is 8.51. The predicted octanol–water partition coefficient (Wildman–Crippen LogP) is 4.48. The third-order valence-electron chi connectivity index (χ3n) is 4.56. The van der Waals surface area contributed by atoms with Crippen molar-refractivity contribution in [3.05, 3.63) is 48.2 Å². The fraction of sp³-hybridized carbons (Fsp3) is 0.400. The molecule has 5 nitrogen and oxygen atoms in total. The number of carbonyl (C=O) groups excluding carboxylic acids is 1. The number of methoxy groups -OCH3 is 1. The first-order valence-corrected chi connectivity index (χ1v) is 8.92. The van der Waals surface area contributed by atoms with Gasteiger partial charge in [0.05, 0.1) is 19.0 Å². The lowest BCUT2D eigenvalue weighted by Gasteiger charge is -2.17. The molecule has 0 bridgehead atoms. The van der Waals surface area contributed by atoms with Crippen molar-refractivity contribution in [1.82, 2.24) is 4.98 Å². The van der Waals surface area contributed by atoms with Crippen LogP contribution in [0.3, 0.4) is 0 Å². The molecule has 1 saturated carbocycles. The van der Waals surface area contributed by atoms with Gasteiger partial charge in [0.2, 0.25) is 0 Å². The van der Waals surface area contributed by atoms with Crippen molar-refractivity contribution in [2.24, 2.45) is 0 Å². The van der Waals surface area contributed by atoms with Gasteiger partial charge in [-0.3, -0.25) is 4.79 Å². The average Bonchev–Trinajstić information content (AvgIpc) is 2.92. The number of benzene rings is 1. The van der Waals surface area contributed by atoms with E-state index < -0.39 is 0 Å². The minimum Gasteiger partial charge on any atom is -0.497 e. The van der Waals surface area contributed by atoms with Gasteiger partial charge < -0.3 is 15.4 Å². The van der Waals surface area contributed by atoms with Gasteiger partial charge in [-0.15, -0.1) is 0 Å². The van der Waals surface area contributed by atoms with E-state index in [0.29, 0.717) is 23.2 Å². The van der Waals surface area contributed by atoms with E-state index in [-0.39, 0.29) is 5.91 Å². The number of rotatable bonds is 5. The van der Waals surface area contributed by atoms with Crippen LogP contribution >= 0.6 is 0 Å². The maximum Gasteiger partial charge on any atom is 0.256 e. The van der Waals surface area contributed by atoms with Crippen LogP contribution in [0.15, 0.2) is 42.6 Å². The molecule has 132 valence electrons. The fourth-order valence-corrected chi connectivity index (χ4v) is 3.17. The van der Waals surface area contributed by atoms with Crippen LogP contribution < -0.4 is 15.4 Å². The van der Waals surface area contributed by atoms with E-state index in [0.717, 1.165) is 5.69 Å². The second-order valence-electron chi connectivity index (χ2n) is 6.45. The number of pyridine rings is 1. The average molecular weight is 339 g/mol. The summed E-state index contributed by atoms with van der Waals surface area (Å²) in [5.74, 6) is 0.999. The number of hydrogen-bond acceptors (Lipinski definition) is 4. The zero-order valence-corrected chi connectivity index (χ0v) is 14.6. The number of amides is 1. The van der Waals surface area contributed by atoms with Crippen LogP contribution in [0.5, 0.6) is 5.75 Å². The van der Waals surface area contributed by atoms with E-state index in [9.17, 15) is 4.79 Å². The number of hydrogen-bond donors (Lipinski definition) is 2. The highest BCUT2D eigenvalue weighted by atomic mass is 16.5. The maximum atomic E-state index is 12.3. The van der Waals surface area contributed by atoms with Crippen molar-refractivity contribution < 1.29 is 9.53 Å². The monoisotopic (exact) mass is 339 g/mol. The van der Waals surface area contributed by atoms with Crippen LogP contribution in [0.2, 0.25) is 0 Å². The zero-order valence-electron chi connectivity index (χ0n) is 14.6. The minimum atomic E-state index is -0.198. The molecule has 2 N–H and O–H groups in total. The Kier molecular flexibility index (Phi) is 5.88. The van der Waals surface area contributed by atoms with E-state index >= 15 is 0 Å². The highest BCUT2D eigenvalue weighted by Gasteiger charge is 2.12. The normalized spacial score (nSPS) is 15.2. The highest BCUT2D eigenvalue weighted by molar-refractivity contribution is 6.04. The van der Waals surface area contributed by atoms with E-state index in [1.165, 1.54) is 38.5 Å². The Morgan fingerprint density at radius 1 is 1.12 bits per heavy atom. The number of nitrogens with one attached hydrogen (secondary N) is 2. The van der Waals surface area contributed by atoms with Crippen LogP contribution in [0.4, 0.5) is 11.5 Å². The third kappa shape index (κ3) is 4.95. The van der Waals surface area contributed by atoms with Crippen molar-refractivity contribution in [2.45, 2.75) is 44.6 Å². The Bertz CT molecular complexity index is 692. The molecule has 0 saturated heterocycles. The molecule has 1 aromatic heterocycles. The fourth-order valence-electron chi connectivity index (χ4n) is 3.17. The second-order valence-corrected chi connectivity index (χ2v) is 6.45. The lowest BCUT2D eigenvalue weighted by atomic mass is 10.1. The molecule has 5 heteroatoms. The molecule has 0 spiro atoms. The summed E-state index contributed by atoms with van der Waals surface area (Å²) in [7, 11) is 1.58. The van der Waals surface area contributed by atoms with E-state index in [1.807, 2.05) is 18.2 Å². The van der Waals surface area contributed by atoms with Crippen molar-refractivity contribution in [3.8, 4) is 5.75 Å². The van der Waals surface area contributed by atoms with Gasteiger partial charge in [0.1, 0.15) is 11.6 Å². The van der Waals surface area contributed by atoms with Crippen molar-refractivity contribution in [1.29, 1.82) is 0 Å². The Labute approximate surface area is 148 Å². The maximum absolute atomic E-state index is 12.3. The Balaban J connectivity index is 1.59. The van der Waals surface area contributed by atoms with Crippen LogP contribution in [-0.2, 0) is 0 Å². The number of aromatic nitrogens is 1. The molecule has 1 fully saturated rings. The molecular weight excluding hydrogens is 314 g/mol. The summed E-state index contributed by atoms with van der Waals surface area (Å²) < 4.78 is 5.15.